The van der Waals surface area contributed by atoms with E-state index in [1.54, 1.807) is 11.3 Å². The van der Waals surface area contributed by atoms with Gasteiger partial charge < -0.3 is 5.32 Å². The molecule has 2 heterocycles. The molecule has 0 saturated heterocycles. The second-order valence-electron chi connectivity index (χ2n) is 4.79. The molecule has 2 aromatic rings. The van der Waals surface area contributed by atoms with E-state index in [1.165, 1.54) is 10.4 Å². The second-order valence-corrected chi connectivity index (χ2v) is 5.91. The van der Waals surface area contributed by atoms with Crippen LogP contribution in [-0.2, 0) is 6.54 Å². The predicted molar refractivity (Wildman–Crippen MR) is 76.8 cm³/mol. The van der Waals surface area contributed by atoms with Gasteiger partial charge in [0.2, 0.25) is 0 Å². The molecule has 0 aliphatic carbocycles. The molecular weight excluding hydrogens is 242 g/mol. The molecular formula is C14H19N3S. The zero-order valence-electron chi connectivity index (χ0n) is 11.3. The average molecular weight is 261 g/mol. The highest BCUT2D eigenvalue weighted by Gasteiger charge is 2.06. The lowest BCUT2D eigenvalue weighted by Gasteiger charge is -2.04. The van der Waals surface area contributed by atoms with E-state index >= 15 is 0 Å². The molecule has 0 aliphatic heterocycles. The molecule has 0 amide bonds. The minimum Gasteiger partial charge on any atom is -0.308 e. The monoisotopic (exact) mass is 261 g/mol. The Morgan fingerprint density at radius 1 is 1.22 bits per heavy atom. The molecule has 0 unspecified atom stereocenters. The molecule has 96 valence electrons. The summed E-state index contributed by atoms with van der Waals surface area (Å²) in [6.07, 6.45) is 1.95. The van der Waals surface area contributed by atoms with Gasteiger partial charge in [-0.1, -0.05) is 13.8 Å². The Labute approximate surface area is 112 Å². The molecule has 2 aromatic heterocycles. The number of nitrogens with zero attached hydrogens (tertiary/aromatic N) is 2. The number of aryl methyl sites for hydroxylation is 2. The third kappa shape index (κ3) is 3.37. The van der Waals surface area contributed by atoms with E-state index in [0.29, 0.717) is 6.04 Å². The number of nitrogens with one attached hydrogen (secondary N) is 1. The van der Waals surface area contributed by atoms with Crippen LogP contribution in [0.15, 0.2) is 18.3 Å². The molecule has 0 radical (unpaired) electrons. The number of aromatic nitrogens is 2. The zero-order chi connectivity index (χ0) is 13.1. The first-order valence-electron chi connectivity index (χ1n) is 6.18. The second kappa shape index (κ2) is 5.59. The molecule has 3 nitrogen and oxygen atoms in total. The van der Waals surface area contributed by atoms with Crippen molar-refractivity contribution in [2.75, 3.05) is 0 Å². The first kappa shape index (κ1) is 13.2. The fourth-order valence-corrected chi connectivity index (χ4v) is 2.65. The van der Waals surface area contributed by atoms with Crippen LogP contribution in [0.4, 0.5) is 0 Å². The Hall–Kier alpha value is -1.26. The van der Waals surface area contributed by atoms with Crippen molar-refractivity contribution in [2.45, 2.75) is 40.3 Å². The zero-order valence-corrected chi connectivity index (χ0v) is 12.1. The maximum atomic E-state index is 4.46. The van der Waals surface area contributed by atoms with Gasteiger partial charge in [-0.25, -0.2) is 4.98 Å². The largest absolute Gasteiger partial charge is 0.308 e. The third-order valence-corrected chi connectivity index (χ3v) is 3.63. The number of hydrogen-bond donors (Lipinski definition) is 1. The van der Waals surface area contributed by atoms with Gasteiger partial charge in [0.15, 0.2) is 0 Å². The lowest BCUT2D eigenvalue weighted by molar-refractivity contribution is 0.587. The molecule has 2 rings (SSSR count). The molecule has 0 saturated carbocycles. The highest BCUT2D eigenvalue weighted by atomic mass is 32.1. The van der Waals surface area contributed by atoms with Gasteiger partial charge >= 0.3 is 0 Å². The smallest absolute Gasteiger partial charge is 0.107 e. The van der Waals surface area contributed by atoms with Crippen LogP contribution in [0.1, 0.15) is 30.2 Å². The molecule has 0 aliphatic rings. The summed E-state index contributed by atoms with van der Waals surface area (Å²) in [6.45, 7) is 9.18. The van der Waals surface area contributed by atoms with Crippen molar-refractivity contribution in [3.05, 3.63) is 34.7 Å². The van der Waals surface area contributed by atoms with E-state index in [1.807, 2.05) is 20.0 Å². The molecule has 0 atom stereocenters. The summed E-state index contributed by atoms with van der Waals surface area (Å²) >= 11 is 1.74. The van der Waals surface area contributed by atoms with Crippen molar-refractivity contribution in [2.24, 2.45) is 0 Å². The quantitative estimate of drug-likeness (QED) is 0.917. The van der Waals surface area contributed by atoms with Crippen LogP contribution in [0.2, 0.25) is 0 Å². The highest BCUT2D eigenvalue weighted by molar-refractivity contribution is 7.15. The number of rotatable bonds is 4. The topological polar surface area (TPSA) is 37.8 Å². The van der Waals surface area contributed by atoms with Crippen LogP contribution in [0.3, 0.4) is 0 Å². The summed E-state index contributed by atoms with van der Waals surface area (Å²) in [5.41, 5.74) is 3.33. The minimum atomic E-state index is 0.489. The standard InChI is InChI=1S/C14H19N3S/c1-9(2)15-8-14-16-7-13(18-14)12-5-10(3)17-11(4)6-12/h5-7,9,15H,8H2,1-4H3. The van der Waals surface area contributed by atoms with E-state index < -0.39 is 0 Å². The summed E-state index contributed by atoms with van der Waals surface area (Å²) in [6, 6.07) is 4.71. The van der Waals surface area contributed by atoms with Crippen molar-refractivity contribution >= 4 is 11.3 Å². The first-order chi connectivity index (χ1) is 8.54. The van der Waals surface area contributed by atoms with Gasteiger partial charge in [0.05, 0.1) is 4.88 Å². The van der Waals surface area contributed by atoms with Gasteiger partial charge in [0.1, 0.15) is 5.01 Å². The van der Waals surface area contributed by atoms with E-state index in [-0.39, 0.29) is 0 Å². The maximum Gasteiger partial charge on any atom is 0.107 e. The van der Waals surface area contributed by atoms with Gasteiger partial charge in [0, 0.05) is 30.2 Å². The molecule has 0 bridgehead atoms. The average Bonchev–Trinajstić information content (AvgIpc) is 2.73. The minimum absolute atomic E-state index is 0.489. The molecule has 1 N–H and O–H groups in total. The van der Waals surface area contributed by atoms with Crippen molar-refractivity contribution in [3.63, 3.8) is 0 Å². The van der Waals surface area contributed by atoms with Crippen LogP contribution in [-0.4, -0.2) is 16.0 Å². The van der Waals surface area contributed by atoms with Crippen molar-refractivity contribution in [1.29, 1.82) is 0 Å². The van der Waals surface area contributed by atoms with Crippen molar-refractivity contribution < 1.29 is 0 Å². The molecule has 18 heavy (non-hydrogen) atoms. The van der Waals surface area contributed by atoms with Gasteiger partial charge in [-0.3, -0.25) is 4.98 Å². The van der Waals surface area contributed by atoms with Crippen LogP contribution >= 0.6 is 11.3 Å². The fraction of sp³-hybridized carbons (Fsp3) is 0.429. The van der Waals surface area contributed by atoms with E-state index in [2.05, 4.69) is 41.3 Å². The summed E-state index contributed by atoms with van der Waals surface area (Å²) in [7, 11) is 0. The Balaban J connectivity index is 2.18. The maximum absolute atomic E-state index is 4.46. The predicted octanol–water partition coefficient (Wildman–Crippen LogP) is 3.32. The van der Waals surface area contributed by atoms with Crippen molar-refractivity contribution in [1.82, 2.24) is 15.3 Å². The summed E-state index contributed by atoms with van der Waals surface area (Å²) in [5, 5.41) is 4.52. The van der Waals surface area contributed by atoms with Gasteiger partial charge in [-0.15, -0.1) is 11.3 Å². The molecule has 0 spiro atoms. The van der Waals surface area contributed by atoms with E-state index in [0.717, 1.165) is 22.9 Å². The molecule has 0 aromatic carbocycles. The van der Waals surface area contributed by atoms with Gasteiger partial charge in [-0.05, 0) is 31.5 Å². The van der Waals surface area contributed by atoms with Crippen molar-refractivity contribution in [3.8, 4) is 10.4 Å². The van der Waals surface area contributed by atoms with Crippen LogP contribution in [0, 0.1) is 13.8 Å². The van der Waals surface area contributed by atoms with Gasteiger partial charge in [-0.2, -0.15) is 0 Å². The normalized spacial score (nSPS) is 11.2. The lowest BCUT2D eigenvalue weighted by atomic mass is 10.2. The fourth-order valence-electron chi connectivity index (χ4n) is 1.79. The first-order valence-corrected chi connectivity index (χ1v) is 7.00. The lowest BCUT2D eigenvalue weighted by Crippen LogP contribution is -2.21. The SMILES string of the molecule is Cc1cc(-c2cnc(CNC(C)C)s2)cc(C)n1. The van der Waals surface area contributed by atoms with E-state index in [9.17, 15) is 0 Å². The van der Waals surface area contributed by atoms with Crippen LogP contribution < -0.4 is 5.32 Å². The summed E-state index contributed by atoms with van der Waals surface area (Å²) in [5.74, 6) is 0. The van der Waals surface area contributed by atoms with Gasteiger partial charge in [0.25, 0.3) is 0 Å². The Kier molecular flexibility index (Phi) is 4.09. The molecule has 4 heteroatoms. The summed E-state index contributed by atoms with van der Waals surface area (Å²) < 4.78 is 0. The third-order valence-electron chi connectivity index (χ3n) is 2.58. The van der Waals surface area contributed by atoms with Crippen LogP contribution in [0.25, 0.3) is 10.4 Å². The van der Waals surface area contributed by atoms with Crippen LogP contribution in [0.5, 0.6) is 0 Å². The van der Waals surface area contributed by atoms with E-state index in [4.69, 9.17) is 0 Å². The molecule has 0 fully saturated rings. The highest BCUT2D eigenvalue weighted by Crippen LogP contribution is 2.26. The Morgan fingerprint density at radius 2 is 1.89 bits per heavy atom. The Bertz CT molecular complexity index is 511. The number of pyridine rings is 1. The number of thiazole rings is 1. The number of hydrogen-bond acceptors (Lipinski definition) is 4. The Morgan fingerprint density at radius 3 is 2.50 bits per heavy atom. The summed E-state index contributed by atoms with van der Waals surface area (Å²) in [4.78, 5) is 10.1.